The molecule has 0 radical (unpaired) electrons. The van der Waals surface area contributed by atoms with Gasteiger partial charge in [0.2, 0.25) is 0 Å². The number of benzene rings is 2. The predicted octanol–water partition coefficient (Wildman–Crippen LogP) is 5.44. The predicted molar refractivity (Wildman–Crippen MR) is 84.7 cm³/mol. The van der Waals surface area contributed by atoms with E-state index in [-0.39, 0.29) is 5.41 Å². The van der Waals surface area contributed by atoms with Gasteiger partial charge in [-0.25, -0.2) is 0 Å². The van der Waals surface area contributed by atoms with Gasteiger partial charge in [0, 0.05) is 5.41 Å². The second-order valence-corrected chi connectivity index (χ2v) is 5.31. The minimum absolute atomic E-state index is 0.164. The van der Waals surface area contributed by atoms with E-state index in [4.69, 9.17) is 0 Å². The maximum absolute atomic E-state index is 4.28. The van der Waals surface area contributed by atoms with Gasteiger partial charge >= 0.3 is 0 Å². The normalized spacial score (nSPS) is 11.1. The van der Waals surface area contributed by atoms with E-state index in [0.29, 0.717) is 0 Å². The number of hydrogen-bond donors (Lipinski definition) is 0. The van der Waals surface area contributed by atoms with Gasteiger partial charge in [-0.05, 0) is 22.3 Å². The van der Waals surface area contributed by atoms with Gasteiger partial charge in [-0.2, -0.15) is 0 Å². The van der Waals surface area contributed by atoms with Gasteiger partial charge < -0.3 is 0 Å². The molecule has 0 saturated heterocycles. The fourth-order valence-electron chi connectivity index (χ4n) is 2.18. The summed E-state index contributed by atoms with van der Waals surface area (Å²) < 4.78 is 0. The first kappa shape index (κ1) is 13.4. The van der Waals surface area contributed by atoms with E-state index in [2.05, 4.69) is 51.3 Å². The fraction of sp³-hybridized carbons (Fsp3) is 0.158. The van der Waals surface area contributed by atoms with Crippen molar-refractivity contribution in [3.05, 3.63) is 84.9 Å². The maximum atomic E-state index is 4.28. The van der Waals surface area contributed by atoms with Crippen LogP contribution in [0.4, 0.5) is 0 Å². The van der Waals surface area contributed by atoms with Crippen molar-refractivity contribution in [2.75, 3.05) is 0 Å². The highest BCUT2D eigenvalue weighted by molar-refractivity contribution is 5.84. The summed E-state index contributed by atoms with van der Waals surface area (Å²) in [5, 5.41) is 0. The molecule has 0 fully saturated rings. The van der Waals surface area contributed by atoms with E-state index in [9.17, 15) is 0 Å². The molecule has 0 aliphatic rings. The summed E-state index contributed by atoms with van der Waals surface area (Å²) in [6, 6.07) is 20.6. The van der Waals surface area contributed by atoms with E-state index in [1.54, 1.807) is 0 Å². The molecule has 19 heavy (non-hydrogen) atoms. The lowest BCUT2D eigenvalue weighted by atomic mass is 9.73. The van der Waals surface area contributed by atoms with E-state index in [0.717, 1.165) is 11.1 Å². The average molecular weight is 248 g/mol. The first-order valence-corrected chi connectivity index (χ1v) is 6.53. The van der Waals surface area contributed by atoms with Crippen LogP contribution in [0, 0.1) is 5.41 Å². The van der Waals surface area contributed by atoms with Crippen molar-refractivity contribution >= 4 is 11.1 Å². The summed E-state index contributed by atoms with van der Waals surface area (Å²) in [5.74, 6) is 0. The molecule has 2 aromatic rings. The summed E-state index contributed by atoms with van der Waals surface area (Å²) in [7, 11) is 0. The minimum Gasteiger partial charge on any atom is -0.0943 e. The van der Waals surface area contributed by atoms with Gasteiger partial charge in [-0.15, -0.1) is 0 Å². The van der Waals surface area contributed by atoms with Crippen LogP contribution in [0.25, 0.3) is 11.1 Å². The van der Waals surface area contributed by atoms with Crippen LogP contribution in [-0.4, -0.2) is 0 Å². The lowest BCUT2D eigenvalue weighted by Crippen LogP contribution is -2.15. The van der Waals surface area contributed by atoms with E-state index in [1.807, 2.05) is 36.4 Å². The third-order valence-electron chi connectivity index (χ3n) is 3.75. The third-order valence-corrected chi connectivity index (χ3v) is 3.75. The summed E-state index contributed by atoms with van der Waals surface area (Å²) >= 11 is 0. The van der Waals surface area contributed by atoms with Crippen molar-refractivity contribution in [2.24, 2.45) is 5.41 Å². The molecule has 0 heteroatoms. The third kappa shape index (κ3) is 2.68. The lowest BCUT2D eigenvalue weighted by molar-refractivity contribution is 0.676. The lowest BCUT2D eigenvalue weighted by Gasteiger charge is -2.30. The highest BCUT2D eigenvalue weighted by Gasteiger charge is 2.27. The van der Waals surface area contributed by atoms with Gasteiger partial charge in [0.1, 0.15) is 0 Å². The molecule has 0 amide bonds. The molecule has 0 bridgehead atoms. The highest BCUT2D eigenvalue weighted by atomic mass is 14.3. The van der Waals surface area contributed by atoms with Crippen LogP contribution in [0.5, 0.6) is 0 Å². The molecule has 0 aliphatic carbocycles. The van der Waals surface area contributed by atoms with E-state index < -0.39 is 0 Å². The molecular formula is C19H20. The molecule has 0 atom stereocenters. The smallest absolute Gasteiger partial charge is 0.0146 e. The van der Waals surface area contributed by atoms with Crippen LogP contribution < -0.4 is 0 Å². The quantitative estimate of drug-likeness (QED) is 0.676. The largest absolute Gasteiger partial charge is 0.0943 e. The second kappa shape index (κ2) is 5.27. The minimum atomic E-state index is -0.164. The Morgan fingerprint density at radius 2 is 1.00 bits per heavy atom. The van der Waals surface area contributed by atoms with Crippen LogP contribution in [0.2, 0.25) is 0 Å². The molecule has 0 heterocycles. The van der Waals surface area contributed by atoms with Crippen molar-refractivity contribution in [1.29, 1.82) is 0 Å². The van der Waals surface area contributed by atoms with Crippen LogP contribution in [0.1, 0.15) is 25.0 Å². The molecule has 0 aliphatic heterocycles. The van der Waals surface area contributed by atoms with Gasteiger partial charge in [0.15, 0.2) is 0 Å². The van der Waals surface area contributed by atoms with Crippen molar-refractivity contribution in [1.82, 2.24) is 0 Å². The number of rotatable bonds is 4. The molecule has 0 spiro atoms. The van der Waals surface area contributed by atoms with Crippen molar-refractivity contribution in [2.45, 2.75) is 13.8 Å². The van der Waals surface area contributed by atoms with Crippen LogP contribution in [0.3, 0.4) is 0 Å². The Kier molecular flexibility index (Phi) is 3.71. The Bertz CT molecular complexity index is 520. The SMILES string of the molecule is C=C(c1ccccc1)C(C)(C)C(=C)c1ccccc1. The van der Waals surface area contributed by atoms with Gasteiger partial charge in [-0.3, -0.25) is 0 Å². The standard InChI is InChI=1S/C19H20/c1-15(17-11-7-5-8-12-17)19(3,4)16(2)18-13-9-6-10-14-18/h5-14H,1-2H2,3-4H3. The van der Waals surface area contributed by atoms with Gasteiger partial charge in [-0.1, -0.05) is 87.7 Å². The Balaban J connectivity index is 2.33. The molecule has 0 unspecified atom stereocenters. The van der Waals surface area contributed by atoms with Crippen molar-refractivity contribution < 1.29 is 0 Å². The molecule has 2 rings (SSSR count). The summed E-state index contributed by atoms with van der Waals surface area (Å²) in [5.41, 5.74) is 4.38. The van der Waals surface area contributed by atoms with Crippen molar-refractivity contribution in [3.8, 4) is 0 Å². The Morgan fingerprint density at radius 3 is 1.32 bits per heavy atom. The number of allylic oxidation sites excluding steroid dienone is 2. The van der Waals surface area contributed by atoms with Crippen LogP contribution in [0.15, 0.2) is 73.8 Å². The summed E-state index contributed by atoms with van der Waals surface area (Å²) in [6.45, 7) is 12.9. The fourth-order valence-corrected chi connectivity index (χ4v) is 2.18. The molecular weight excluding hydrogens is 228 g/mol. The number of hydrogen-bond acceptors (Lipinski definition) is 0. The molecule has 2 aromatic carbocycles. The molecule has 96 valence electrons. The summed E-state index contributed by atoms with van der Waals surface area (Å²) in [4.78, 5) is 0. The van der Waals surface area contributed by atoms with E-state index in [1.165, 1.54) is 11.1 Å². The van der Waals surface area contributed by atoms with Crippen LogP contribution in [-0.2, 0) is 0 Å². The zero-order valence-corrected chi connectivity index (χ0v) is 11.7. The Hall–Kier alpha value is -2.08. The highest BCUT2D eigenvalue weighted by Crippen LogP contribution is 2.43. The molecule has 0 aromatic heterocycles. The zero-order valence-electron chi connectivity index (χ0n) is 11.7. The zero-order chi connectivity index (χ0) is 13.9. The second-order valence-electron chi connectivity index (χ2n) is 5.31. The first-order chi connectivity index (χ1) is 9.03. The topological polar surface area (TPSA) is 0 Å². The monoisotopic (exact) mass is 248 g/mol. The molecule has 0 N–H and O–H groups in total. The maximum Gasteiger partial charge on any atom is 0.0146 e. The van der Waals surface area contributed by atoms with Gasteiger partial charge in [0.25, 0.3) is 0 Å². The Morgan fingerprint density at radius 1 is 0.684 bits per heavy atom. The molecule has 0 nitrogen and oxygen atoms in total. The van der Waals surface area contributed by atoms with E-state index >= 15 is 0 Å². The summed E-state index contributed by atoms with van der Waals surface area (Å²) in [6.07, 6.45) is 0. The first-order valence-electron chi connectivity index (χ1n) is 6.53. The van der Waals surface area contributed by atoms with Gasteiger partial charge in [0.05, 0.1) is 0 Å². The molecule has 0 saturated carbocycles. The average Bonchev–Trinajstić information content (AvgIpc) is 2.47. The Labute approximate surface area is 116 Å². The van der Waals surface area contributed by atoms with Crippen molar-refractivity contribution in [3.63, 3.8) is 0 Å². The van der Waals surface area contributed by atoms with Crippen LogP contribution >= 0.6 is 0 Å².